The second-order valence-corrected chi connectivity index (χ2v) is 1.41. The van der Waals surface area contributed by atoms with Crippen LogP contribution in [-0.2, 0) is 4.79 Å². The average Bonchev–Trinajstić information content (AvgIpc) is 1.88. The fourth-order valence-electron chi connectivity index (χ4n) is 0.427. The largest absolute Gasteiger partial charge is 0.368 e. The molecule has 12 heavy (non-hydrogen) atoms. The van der Waals surface area contributed by atoms with Gasteiger partial charge in [-0.3, -0.25) is 0 Å². The Balaban J connectivity index is 0. The first-order valence-corrected chi connectivity index (χ1v) is 2.50. The maximum Gasteiger partial charge on any atom is 0.226 e. The predicted octanol–water partition coefficient (Wildman–Crippen LogP) is -1.14. The van der Waals surface area contributed by atoms with Crippen molar-refractivity contribution in [2.24, 2.45) is 0 Å². The first-order chi connectivity index (χ1) is 5.18. The summed E-state index contributed by atoms with van der Waals surface area (Å²) in [6, 6.07) is 0. The molecule has 0 fully saturated rings. The van der Waals surface area contributed by atoms with Crippen molar-refractivity contribution in [3.05, 3.63) is 0 Å². The van der Waals surface area contributed by atoms with Gasteiger partial charge >= 0.3 is 0 Å². The Morgan fingerprint density at radius 1 is 0.833 bits per heavy atom. The van der Waals surface area contributed by atoms with Gasteiger partial charge in [0.2, 0.25) is 17.8 Å². The van der Waals surface area contributed by atoms with Gasteiger partial charge < -0.3 is 22.0 Å². The minimum atomic E-state index is 0. The van der Waals surface area contributed by atoms with Crippen molar-refractivity contribution in [2.45, 2.75) is 0 Å². The molecule has 68 valence electrons. The third kappa shape index (κ3) is 4.23. The van der Waals surface area contributed by atoms with Crippen LogP contribution < -0.4 is 17.2 Å². The number of nitrogens with zero attached hydrogens (tertiary/aromatic N) is 3. The van der Waals surface area contributed by atoms with E-state index in [0.717, 1.165) is 0 Å². The molecular formula is C4H9ClN6O. The standard InChI is InChI=1S/C3H6N6.CH2O.ClH/c4-1-7-2(5)9-3(6)8-1;1-2;/h(H6,4,5,6,7,8,9);1H2;1H. The minimum absolute atomic E-state index is 0. The summed E-state index contributed by atoms with van der Waals surface area (Å²) in [5.41, 5.74) is 15.4. The van der Waals surface area contributed by atoms with Crippen LogP contribution in [0.4, 0.5) is 17.8 Å². The van der Waals surface area contributed by atoms with Crippen molar-refractivity contribution >= 4 is 37.0 Å². The highest BCUT2D eigenvalue weighted by molar-refractivity contribution is 5.85. The van der Waals surface area contributed by atoms with E-state index >= 15 is 0 Å². The summed E-state index contributed by atoms with van der Waals surface area (Å²) in [5.74, 6) is 0.125. The van der Waals surface area contributed by atoms with E-state index < -0.39 is 0 Å². The number of hydrogen-bond acceptors (Lipinski definition) is 7. The molecule has 1 aromatic rings. The van der Waals surface area contributed by atoms with Gasteiger partial charge in [0.25, 0.3) is 0 Å². The third-order valence-electron chi connectivity index (χ3n) is 0.687. The number of anilines is 3. The molecule has 1 rings (SSSR count). The lowest BCUT2D eigenvalue weighted by molar-refractivity contribution is -0.0979. The van der Waals surface area contributed by atoms with Crippen molar-refractivity contribution in [1.82, 2.24) is 15.0 Å². The fraction of sp³-hybridized carbons (Fsp3) is 0. The molecule has 0 aromatic carbocycles. The number of nitrogen functional groups attached to an aromatic ring is 3. The molecule has 0 saturated heterocycles. The summed E-state index contributed by atoms with van der Waals surface area (Å²) in [7, 11) is 0. The van der Waals surface area contributed by atoms with Crippen LogP contribution in [0.15, 0.2) is 0 Å². The molecule has 0 bridgehead atoms. The molecule has 0 aliphatic carbocycles. The average molecular weight is 193 g/mol. The van der Waals surface area contributed by atoms with Gasteiger partial charge in [-0.25, -0.2) is 0 Å². The maximum atomic E-state index is 8.00. The highest BCUT2D eigenvalue weighted by Crippen LogP contribution is 1.97. The van der Waals surface area contributed by atoms with Crippen LogP contribution in [0.25, 0.3) is 0 Å². The van der Waals surface area contributed by atoms with E-state index in [0.29, 0.717) is 0 Å². The van der Waals surface area contributed by atoms with Crippen LogP contribution in [0.1, 0.15) is 0 Å². The van der Waals surface area contributed by atoms with E-state index in [9.17, 15) is 0 Å². The van der Waals surface area contributed by atoms with E-state index in [2.05, 4.69) is 15.0 Å². The van der Waals surface area contributed by atoms with Crippen LogP contribution in [0, 0.1) is 0 Å². The molecule has 0 unspecified atom stereocenters. The summed E-state index contributed by atoms with van der Waals surface area (Å²) < 4.78 is 0. The maximum absolute atomic E-state index is 8.00. The number of aromatic nitrogens is 3. The summed E-state index contributed by atoms with van der Waals surface area (Å²) >= 11 is 0. The molecule has 0 radical (unpaired) electrons. The number of carbonyl (C=O) groups is 1. The smallest absolute Gasteiger partial charge is 0.226 e. The summed E-state index contributed by atoms with van der Waals surface area (Å²) in [6.45, 7) is 2.00. The molecule has 0 aliphatic rings. The topological polar surface area (TPSA) is 134 Å². The first kappa shape index (κ1) is 13.0. The molecule has 7 nitrogen and oxygen atoms in total. The molecular weight excluding hydrogens is 184 g/mol. The zero-order valence-corrected chi connectivity index (χ0v) is 6.91. The van der Waals surface area contributed by atoms with Crippen molar-refractivity contribution in [2.75, 3.05) is 17.2 Å². The summed E-state index contributed by atoms with van der Waals surface area (Å²) in [4.78, 5) is 18.5. The molecule has 0 amide bonds. The second kappa shape index (κ2) is 6.10. The van der Waals surface area contributed by atoms with Gasteiger partial charge in [0.05, 0.1) is 0 Å². The lowest BCUT2D eigenvalue weighted by Crippen LogP contribution is -2.05. The van der Waals surface area contributed by atoms with E-state index in [1.54, 1.807) is 0 Å². The van der Waals surface area contributed by atoms with Gasteiger partial charge in [0, 0.05) is 0 Å². The van der Waals surface area contributed by atoms with Crippen molar-refractivity contribution < 1.29 is 4.79 Å². The monoisotopic (exact) mass is 192 g/mol. The van der Waals surface area contributed by atoms with E-state index in [4.69, 9.17) is 22.0 Å². The minimum Gasteiger partial charge on any atom is -0.368 e. The fourth-order valence-corrected chi connectivity index (χ4v) is 0.427. The lowest BCUT2D eigenvalue weighted by atomic mass is 10.9. The summed E-state index contributed by atoms with van der Waals surface area (Å²) in [6.07, 6.45) is 0. The number of carbonyl (C=O) groups excluding carboxylic acids is 1. The highest BCUT2D eigenvalue weighted by atomic mass is 35.5. The van der Waals surface area contributed by atoms with E-state index in [1.807, 2.05) is 6.79 Å². The zero-order chi connectivity index (χ0) is 8.85. The number of nitrogens with two attached hydrogens (primary N) is 3. The van der Waals surface area contributed by atoms with Gasteiger partial charge in [0.1, 0.15) is 6.79 Å². The molecule has 8 heteroatoms. The lowest BCUT2D eigenvalue weighted by Gasteiger charge is -1.93. The van der Waals surface area contributed by atoms with Crippen LogP contribution in [0.3, 0.4) is 0 Å². The third-order valence-corrected chi connectivity index (χ3v) is 0.687. The van der Waals surface area contributed by atoms with Gasteiger partial charge in [-0.2, -0.15) is 15.0 Å². The van der Waals surface area contributed by atoms with Crippen molar-refractivity contribution in [1.29, 1.82) is 0 Å². The Labute approximate surface area is 74.8 Å². The van der Waals surface area contributed by atoms with Crippen LogP contribution >= 0.6 is 12.4 Å². The Hall–Kier alpha value is -1.63. The van der Waals surface area contributed by atoms with Crippen LogP contribution in [0.5, 0.6) is 0 Å². The van der Waals surface area contributed by atoms with Crippen LogP contribution in [0.2, 0.25) is 0 Å². The Bertz CT molecular complexity index is 193. The Kier molecular flexibility index (Phi) is 6.61. The SMILES string of the molecule is C=O.Cl.Nc1nc(N)nc(N)n1. The van der Waals surface area contributed by atoms with Gasteiger partial charge in [0.15, 0.2) is 0 Å². The van der Waals surface area contributed by atoms with Gasteiger partial charge in [-0.05, 0) is 0 Å². The van der Waals surface area contributed by atoms with Gasteiger partial charge in [-0.15, -0.1) is 12.4 Å². The highest BCUT2D eigenvalue weighted by Gasteiger charge is 1.93. The predicted molar refractivity (Wildman–Crippen MR) is 47.4 cm³/mol. The normalized spacial score (nSPS) is 7.33. The molecule has 0 saturated carbocycles. The number of rotatable bonds is 0. The first-order valence-electron chi connectivity index (χ1n) is 2.50. The number of hydrogen-bond donors (Lipinski definition) is 3. The molecule has 1 aromatic heterocycles. The molecule has 6 N–H and O–H groups in total. The molecule has 1 heterocycles. The Morgan fingerprint density at radius 2 is 1.00 bits per heavy atom. The second-order valence-electron chi connectivity index (χ2n) is 1.41. The van der Waals surface area contributed by atoms with Gasteiger partial charge in [-0.1, -0.05) is 0 Å². The Morgan fingerprint density at radius 3 is 1.17 bits per heavy atom. The number of halogens is 1. The van der Waals surface area contributed by atoms with Crippen molar-refractivity contribution in [3.63, 3.8) is 0 Å². The van der Waals surface area contributed by atoms with Crippen LogP contribution in [-0.4, -0.2) is 21.7 Å². The van der Waals surface area contributed by atoms with Crippen molar-refractivity contribution in [3.8, 4) is 0 Å². The zero-order valence-electron chi connectivity index (χ0n) is 6.10. The molecule has 0 atom stereocenters. The summed E-state index contributed by atoms with van der Waals surface area (Å²) in [5, 5.41) is 0. The van der Waals surface area contributed by atoms with E-state index in [1.165, 1.54) is 0 Å². The van der Waals surface area contributed by atoms with E-state index in [-0.39, 0.29) is 30.3 Å². The quantitative estimate of drug-likeness (QED) is 0.473. The molecule has 0 aliphatic heterocycles. The molecule has 0 spiro atoms.